The van der Waals surface area contributed by atoms with Crippen molar-refractivity contribution in [3.05, 3.63) is 47.9 Å². The summed E-state index contributed by atoms with van der Waals surface area (Å²) in [6.07, 6.45) is 2.22. The molecule has 30 heavy (non-hydrogen) atoms. The smallest absolute Gasteiger partial charge is 0.326 e. The predicted molar refractivity (Wildman–Crippen MR) is 113 cm³/mol. The van der Waals surface area contributed by atoms with Gasteiger partial charge >= 0.3 is 6.03 Å². The third-order valence-electron chi connectivity index (χ3n) is 4.26. The van der Waals surface area contributed by atoms with Crippen molar-refractivity contribution in [2.24, 2.45) is 0 Å². The number of rotatable bonds is 7. The van der Waals surface area contributed by atoms with Crippen molar-refractivity contribution >= 4 is 34.3 Å². The highest BCUT2D eigenvalue weighted by atomic mass is 19.1. The Morgan fingerprint density at radius 3 is 2.67 bits per heavy atom. The molecule has 0 aliphatic rings. The molecule has 2 aromatic heterocycles. The SMILES string of the molecule is Cc1nc(NC(=O)Nc2ccc3cnc(F)cc3c2)nc(NCCCN(C)C)c1F. The number of aryl methyl sites for hydroxylation is 1. The summed E-state index contributed by atoms with van der Waals surface area (Å²) in [7, 11) is 3.91. The van der Waals surface area contributed by atoms with Crippen LogP contribution in [-0.4, -0.2) is 53.1 Å². The van der Waals surface area contributed by atoms with Gasteiger partial charge in [0.2, 0.25) is 11.9 Å². The first-order chi connectivity index (χ1) is 14.3. The van der Waals surface area contributed by atoms with E-state index in [1.165, 1.54) is 19.2 Å². The van der Waals surface area contributed by atoms with Crippen molar-refractivity contribution in [3.8, 4) is 0 Å². The van der Waals surface area contributed by atoms with Gasteiger partial charge in [0, 0.05) is 29.9 Å². The topological polar surface area (TPSA) is 95.1 Å². The number of nitrogens with zero attached hydrogens (tertiary/aromatic N) is 4. The number of nitrogens with one attached hydrogen (secondary N) is 3. The molecule has 2 amide bonds. The highest BCUT2D eigenvalue weighted by molar-refractivity contribution is 6.00. The summed E-state index contributed by atoms with van der Waals surface area (Å²) >= 11 is 0. The van der Waals surface area contributed by atoms with Gasteiger partial charge in [-0.05, 0) is 51.5 Å². The first-order valence-corrected chi connectivity index (χ1v) is 9.38. The van der Waals surface area contributed by atoms with E-state index in [2.05, 4.69) is 30.9 Å². The zero-order valence-electron chi connectivity index (χ0n) is 17.0. The Morgan fingerprint density at radius 2 is 1.90 bits per heavy atom. The maximum absolute atomic E-state index is 14.3. The van der Waals surface area contributed by atoms with Gasteiger partial charge in [0.1, 0.15) is 0 Å². The van der Waals surface area contributed by atoms with Gasteiger partial charge in [-0.3, -0.25) is 5.32 Å². The molecule has 8 nitrogen and oxygen atoms in total. The van der Waals surface area contributed by atoms with Crippen LogP contribution in [-0.2, 0) is 0 Å². The lowest BCUT2D eigenvalue weighted by Gasteiger charge is -2.13. The molecule has 0 aliphatic carbocycles. The number of pyridine rings is 1. The second-order valence-electron chi connectivity index (χ2n) is 7.03. The Labute approximate surface area is 172 Å². The van der Waals surface area contributed by atoms with E-state index >= 15 is 0 Å². The number of fused-ring (bicyclic) bond motifs is 1. The standard InChI is InChI=1S/C20H23F2N7O/c1-12-17(22)18(23-7-4-8-29(2)3)27-19(25-12)28-20(30)26-15-6-5-13-11-24-16(21)10-14(13)9-15/h5-6,9-11H,4,7-8H2,1-3H3,(H3,23,25,26,27,28,30). The molecular weight excluding hydrogens is 392 g/mol. The lowest BCUT2D eigenvalue weighted by molar-refractivity contribution is 0.262. The second-order valence-corrected chi connectivity index (χ2v) is 7.03. The van der Waals surface area contributed by atoms with Gasteiger partial charge in [0.15, 0.2) is 11.6 Å². The third kappa shape index (κ3) is 5.57. The summed E-state index contributed by atoms with van der Waals surface area (Å²) in [6, 6.07) is 5.67. The van der Waals surface area contributed by atoms with Crippen LogP contribution in [0.2, 0.25) is 0 Å². The van der Waals surface area contributed by atoms with E-state index in [4.69, 9.17) is 0 Å². The summed E-state index contributed by atoms with van der Waals surface area (Å²) in [6.45, 7) is 2.87. The Balaban J connectivity index is 1.67. The van der Waals surface area contributed by atoms with Crippen molar-refractivity contribution in [2.45, 2.75) is 13.3 Å². The number of halogens is 2. The highest BCUT2D eigenvalue weighted by Crippen LogP contribution is 2.20. The van der Waals surface area contributed by atoms with Crippen LogP contribution < -0.4 is 16.0 Å². The van der Waals surface area contributed by atoms with Gasteiger partial charge in [0.05, 0.1) is 5.69 Å². The van der Waals surface area contributed by atoms with Crippen molar-refractivity contribution < 1.29 is 13.6 Å². The van der Waals surface area contributed by atoms with Crippen molar-refractivity contribution in [1.82, 2.24) is 19.9 Å². The first kappa shape index (κ1) is 21.3. The number of hydrogen-bond acceptors (Lipinski definition) is 6. The minimum Gasteiger partial charge on any atom is -0.367 e. The minimum absolute atomic E-state index is 0.0301. The van der Waals surface area contributed by atoms with E-state index in [1.54, 1.807) is 18.2 Å². The van der Waals surface area contributed by atoms with Crippen LogP contribution in [0.5, 0.6) is 0 Å². The zero-order chi connectivity index (χ0) is 21.7. The lowest BCUT2D eigenvalue weighted by atomic mass is 10.1. The molecule has 2 heterocycles. The number of carbonyl (C=O) groups is 1. The Bertz CT molecular complexity index is 1060. The number of amides is 2. The number of aromatic nitrogens is 3. The van der Waals surface area contributed by atoms with Gasteiger partial charge in [-0.2, -0.15) is 9.37 Å². The van der Waals surface area contributed by atoms with Gasteiger partial charge in [-0.1, -0.05) is 6.07 Å². The second kappa shape index (κ2) is 9.40. The molecule has 0 radical (unpaired) electrons. The molecule has 0 saturated carbocycles. The monoisotopic (exact) mass is 415 g/mol. The van der Waals surface area contributed by atoms with E-state index in [-0.39, 0.29) is 17.5 Å². The average Bonchev–Trinajstić information content (AvgIpc) is 2.68. The molecular formula is C20H23F2N7O. The molecule has 0 bridgehead atoms. The number of anilines is 3. The van der Waals surface area contributed by atoms with Crippen LogP contribution in [0.15, 0.2) is 30.5 Å². The average molecular weight is 415 g/mol. The summed E-state index contributed by atoms with van der Waals surface area (Å²) in [5, 5.41) is 9.39. The zero-order valence-corrected chi connectivity index (χ0v) is 17.0. The molecule has 0 aliphatic heterocycles. The maximum Gasteiger partial charge on any atom is 0.326 e. The van der Waals surface area contributed by atoms with Crippen molar-refractivity contribution in [1.29, 1.82) is 0 Å². The molecule has 3 aromatic rings. The van der Waals surface area contributed by atoms with Gasteiger partial charge in [-0.15, -0.1) is 0 Å². The Morgan fingerprint density at radius 1 is 1.10 bits per heavy atom. The third-order valence-corrected chi connectivity index (χ3v) is 4.26. The van der Waals surface area contributed by atoms with Crippen molar-refractivity contribution in [2.75, 3.05) is 43.1 Å². The number of urea groups is 1. The molecule has 1 aromatic carbocycles. The molecule has 0 atom stereocenters. The maximum atomic E-state index is 14.3. The van der Waals surface area contributed by atoms with Crippen LogP contribution in [0, 0.1) is 18.7 Å². The largest absolute Gasteiger partial charge is 0.367 e. The van der Waals surface area contributed by atoms with E-state index in [0.29, 0.717) is 17.6 Å². The highest BCUT2D eigenvalue weighted by Gasteiger charge is 2.13. The van der Waals surface area contributed by atoms with Gasteiger partial charge in [-0.25, -0.2) is 19.2 Å². The Hall–Kier alpha value is -3.40. The number of benzene rings is 1. The quantitative estimate of drug-likeness (QED) is 0.403. The molecule has 0 fully saturated rings. The fraction of sp³-hybridized carbons (Fsp3) is 0.300. The van der Waals surface area contributed by atoms with E-state index in [1.807, 2.05) is 19.0 Å². The number of carbonyl (C=O) groups excluding carboxylic acids is 1. The molecule has 0 unspecified atom stereocenters. The summed E-state index contributed by atoms with van der Waals surface area (Å²) in [5.41, 5.74) is 0.565. The Kier molecular flexibility index (Phi) is 6.68. The van der Waals surface area contributed by atoms with Crippen LogP contribution in [0.1, 0.15) is 12.1 Å². The van der Waals surface area contributed by atoms with Crippen molar-refractivity contribution in [3.63, 3.8) is 0 Å². The lowest BCUT2D eigenvalue weighted by Crippen LogP contribution is -2.22. The summed E-state index contributed by atoms with van der Waals surface area (Å²) in [5.74, 6) is -1.16. The minimum atomic E-state index is -0.607. The molecule has 158 valence electrons. The fourth-order valence-corrected chi connectivity index (χ4v) is 2.79. The molecule has 10 heteroatoms. The summed E-state index contributed by atoms with van der Waals surface area (Å²) in [4.78, 5) is 26.0. The van der Waals surface area contributed by atoms with Gasteiger partial charge in [0.25, 0.3) is 0 Å². The first-order valence-electron chi connectivity index (χ1n) is 9.38. The number of hydrogen-bond donors (Lipinski definition) is 3. The molecule has 0 saturated heterocycles. The molecule has 0 spiro atoms. The van der Waals surface area contributed by atoms with Crippen LogP contribution in [0.4, 0.5) is 31.0 Å². The fourth-order valence-electron chi connectivity index (χ4n) is 2.79. The van der Waals surface area contributed by atoms with Crippen LogP contribution >= 0.6 is 0 Å². The van der Waals surface area contributed by atoms with Crippen LogP contribution in [0.25, 0.3) is 10.8 Å². The normalized spacial score (nSPS) is 11.0. The van der Waals surface area contributed by atoms with E-state index in [9.17, 15) is 13.6 Å². The molecule has 3 N–H and O–H groups in total. The van der Waals surface area contributed by atoms with E-state index < -0.39 is 17.8 Å². The summed E-state index contributed by atoms with van der Waals surface area (Å²) < 4.78 is 27.6. The predicted octanol–water partition coefficient (Wildman–Crippen LogP) is 3.62. The van der Waals surface area contributed by atoms with Crippen LogP contribution in [0.3, 0.4) is 0 Å². The van der Waals surface area contributed by atoms with E-state index in [0.717, 1.165) is 18.4 Å². The molecule has 3 rings (SSSR count). The van der Waals surface area contributed by atoms with Gasteiger partial charge < -0.3 is 15.5 Å².